The van der Waals surface area contributed by atoms with Gasteiger partial charge in [-0.3, -0.25) is 0 Å². The number of para-hydroxylation sites is 1. The van der Waals surface area contributed by atoms with E-state index in [9.17, 15) is 23.1 Å². The van der Waals surface area contributed by atoms with E-state index < -0.39 is 23.4 Å². The lowest BCUT2D eigenvalue weighted by Crippen LogP contribution is -2.18. The molecule has 0 aliphatic heterocycles. The molecule has 0 amide bonds. The third kappa shape index (κ3) is 6.34. The fourth-order valence-corrected chi connectivity index (χ4v) is 4.80. The second kappa shape index (κ2) is 12.2. The predicted octanol–water partition coefficient (Wildman–Crippen LogP) is 8.26. The lowest BCUT2D eigenvalue weighted by molar-refractivity contribution is -0.143. The molecule has 220 valence electrons. The summed E-state index contributed by atoms with van der Waals surface area (Å²) in [6, 6.07) is 23.0. The van der Waals surface area contributed by atoms with Gasteiger partial charge in [-0.15, -0.1) is 0 Å². The minimum atomic E-state index is -4.96. The Kier molecular flexibility index (Phi) is 8.40. The number of carboxylic acid groups (broad SMARTS) is 1. The molecule has 0 saturated carbocycles. The van der Waals surface area contributed by atoms with Crippen LogP contribution in [0.5, 0.6) is 11.5 Å². The first-order chi connectivity index (χ1) is 20.6. The minimum Gasteiger partial charge on any atom is -0.493 e. The standard InChI is InChI=1S/C32H25ClF3N3O4/c1-3-42-28-16-22(33)13-14-23(28)20-11-12-21(19(2)15-20)18-43-27-9-5-4-7-24(27)26-8-6-10-29(38-26)39-30(32(34,35)36)25(17-37-39)31(40)41/h4-17H,3,18H2,1-2H3,(H,40,41). The van der Waals surface area contributed by atoms with Gasteiger partial charge >= 0.3 is 12.1 Å². The summed E-state index contributed by atoms with van der Waals surface area (Å²) in [7, 11) is 0. The Morgan fingerprint density at radius 3 is 2.47 bits per heavy atom. The highest BCUT2D eigenvalue weighted by molar-refractivity contribution is 6.30. The summed E-state index contributed by atoms with van der Waals surface area (Å²) < 4.78 is 53.8. The number of aryl methyl sites for hydroxylation is 1. The van der Waals surface area contributed by atoms with E-state index in [-0.39, 0.29) is 12.4 Å². The van der Waals surface area contributed by atoms with E-state index in [0.29, 0.717) is 45.3 Å². The second-order valence-corrected chi connectivity index (χ2v) is 9.94. The number of benzene rings is 3. The molecular formula is C32H25ClF3N3O4. The number of rotatable bonds is 9. The average molecular weight is 608 g/mol. The maximum Gasteiger partial charge on any atom is 0.434 e. The van der Waals surface area contributed by atoms with Crippen molar-refractivity contribution < 1.29 is 32.5 Å². The van der Waals surface area contributed by atoms with E-state index in [4.69, 9.17) is 21.1 Å². The average Bonchev–Trinajstić information content (AvgIpc) is 3.44. The summed E-state index contributed by atoms with van der Waals surface area (Å²) >= 11 is 6.16. The molecule has 0 bridgehead atoms. The smallest absolute Gasteiger partial charge is 0.434 e. The topological polar surface area (TPSA) is 86.5 Å². The molecular weight excluding hydrogens is 583 g/mol. The first-order valence-corrected chi connectivity index (χ1v) is 13.5. The van der Waals surface area contributed by atoms with Crippen LogP contribution in [-0.2, 0) is 12.8 Å². The molecule has 0 spiro atoms. The first-order valence-electron chi connectivity index (χ1n) is 13.2. The van der Waals surface area contributed by atoms with Crippen LogP contribution >= 0.6 is 11.6 Å². The van der Waals surface area contributed by atoms with Gasteiger partial charge in [0.15, 0.2) is 11.5 Å². The SMILES string of the molecule is CCOc1cc(Cl)ccc1-c1ccc(COc2ccccc2-c2cccc(-n3ncc(C(=O)O)c3C(F)(F)F)n2)c(C)c1. The number of hydrogen-bond acceptors (Lipinski definition) is 5. The molecule has 11 heteroatoms. The normalized spacial score (nSPS) is 11.4. The van der Waals surface area contributed by atoms with Gasteiger partial charge in [-0.05, 0) is 73.0 Å². The third-order valence-corrected chi connectivity index (χ3v) is 6.90. The van der Waals surface area contributed by atoms with Crippen molar-refractivity contribution in [1.82, 2.24) is 14.8 Å². The highest BCUT2D eigenvalue weighted by Gasteiger charge is 2.41. The van der Waals surface area contributed by atoms with Gasteiger partial charge in [0.2, 0.25) is 0 Å². The number of halogens is 4. The van der Waals surface area contributed by atoms with Gasteiger partial charge in [-0.1, -0.05) is 48.0 Å². The molecule has 3 aromatic carbocycles. The van der Waals surface area contributed by atoms with Crippen molar-refractivity contribution in [3.05, 3.63) is 112 Å². The van der Waals surface area contributed by atoms with E-state index in [0.717, 1.165) is 22.3 Å². The second-order valence-electron chi connectivity index (χ2n) is 9.50. The van der Waals surface area contributed by atoms with Crippen molar-refractivity contribution in [2.75, 3.05) is 6.61 Å². The van der Waals surface area contributed by atoms with Crippen LogP contribution in [0.2, 0.25) is 5.02 Å². The molecule has 5 aromatic rings. The summed E-state index contributed by atoms with van der Waals surface area (Å²) in [5.74, 6) is -0.764. The van der Waals surface area contributed by atoms with Crippen LogP contribution in [0.1, 0.15) is 34.1 Å². The molecule has 0 aliphatic rings. The van der Waals surface area contributed by atoms with Gasteiger partial charge in [0, 0.05) is 16.1 Å². The van der Waals surface area contributed by atoms with Crippen molar-refractivity contribution in [2.45, 2.75) is 26.6 Å². The number of ether oxygens (including phenoxy) is 2. The summed E-state index contributed by atoms with van der Waals surface area (Å²) in [4.78, 5) is 15.8. The number of aromatic carboxylic acids is 1. The van der Waals surface area contributed by atoms with Crippen molar-refractivity contribution in [2.24, 2.45) is 0 Å². The maximum atomic E-state index is 13.8. The molecule has 5 rings (SSSR count). The van der Waals surface area contributed by atoms with Crippen LogP contribution in [0.3, 0.4) is 0 Å². The molecule has 0 radical (unpaired) electrons. The monoisotopic (exact) mass is 607 g/mol. The van der Waals surface area contributed by atoms with Gasteiger partial charge < -0.3 is 14.6 Å². The molecule has 1 N–H and O–H groups in total. The quantitative estimate of drug-likeness (QED) is 0.182. The van der Waals surface area contributed by atoms with Crippen molar-refractivity contribution >= 4 is 17.6 Å². The summed E-state index contributed by atoms with van der Waals surface area (Å²) in [5, 5.41) is 13.5. The van der Waals surface area contributed by atoms with Crippen LogP contribution in [0, 0.1) is 6.92 Å². The number of nitrogens with zero attached hydrogens (tertiary/aromatic N) is 3. The molecule has 0 unspecified atom stereocenters. The number of carbonyl (C=O) groups is 1. The van der Waals surface area contributed by atoms with E-state index in [1.165, 1.54) is 12.1 Å². The van der Waals surface area contributed by atoms with Crippen LogP contribution in [0.4, 0.5) is 13.2 Å². The van der Waals surface area contributed by atoms with E-state index in [1.807, 2.05) is 44.2 Å². The number of carboxylic acids is 1. The molecule has 0 aliphatic carbocycles. The lowest BCUT2D eigenvalue weighted by Gasteiger charge is -2.15. The van der Waals surface area contributed by atoms with Gasteiger partial charge in [-0.25, -0.2) is 14.5 Å². The minimum absolute atomic E-state index is 0.188. The highest BCUT2D eigenvalue weighted by atomic mass is 35.5. The molecule has 0 fully saturated rings. The number of alkyl halides is 3. The fourth-order valence-electron chi connectivity index (χ4n) is 4.64. The number of pyridine rings is 1. The van der Waals surface area contributed by atoms with Gasteiger partial charge in [0.1, 0.15) is 23.7 Å². The Morgan fingerprint density at radius 2 is 1.74 bits per heavy atom. The molecule has 7 nitrogen and oxygen atoms in total. The highest BCUT2D eigenvalue weighted by Crippen LogP contribution is 2.36. The molecule has 0 atom stereocenters. The third-order valence-electron chi connectivity index (χ3n) is 6.66. The first kappa shape index (κ1) is 29.7. The van der Waals surface area contributed by atoms with Crippen molar-refractivity contribution in [3.63, 3.8) is 0 Å². The van der Waals surface area contributed by atoms with Crippen LogP contribution < -0.4 is 9.47 Å². The van der Waals surface area contributed by atoms with E-state index in [1.54, 1.807) is 36.4 Å². The van der Waals surface area contributed by atoms with E-state index in [2.05, 4.69) is 10.1 Å². The van der Waals surface area contributed by atoms with Crippen molar-refractivity contribution in [1.29, 1.82) is 0 Å². The van der Waals surface area contributed by atoms with E-state index >= 15 is 0 Å². The van der Waals surface area contributed by atoms with Crippen LogP contribution in [0.15, 0.2) is 85.1 Å². The molecule has 2 heterocycles. The zero-order valence-corrected chi connectivity index (χ0v) is 23.8. The predicted molar refractivity (Wildman–Crippen MR) is 156 cm³/mol. The van der Waals surface area contributed by atoms with Gasteiger partial charge in [0.05, 0.1) is 18.5 Å². The zero-order chi connectivity index (χ0) is 30.7. The Balaban J connectivity index is 1.42. The van der Waals surface area contributed by atoms with Crippen LogP contribution in [-0.4, -0.2) is 32.4 Å². The van der Waals surface area contributed by atoms with Gasteiger partial charge in [0.25, 0.3) is 0 Å². The Morgan fingerprint density at radius 1 is 0.953 bits per heavy atom. The number of aromatic nitrogens is 3. The van der Waals surface area contributed by atoms with Crippen molar-refractivity contribution in [3.8, 4) is 39.7 Å². The van der Waals surface area contributed by atoms with Crippen LogP contribution in [0.25, 0.3) is 28.2 Å². The summed E-state index contributed by atoms with van der Waals surface area (Å²) in [5.41, 5.74) is 2.28. The molecule has 43 heavy (non-hydrogen) atoms. The Labute approximate surface area is 250 Å². The number of hydrogen-bond donors (Lipinski definition) is 1. The summed E-state index contributed by atoms with van der Waals surface area (Å²) in [6.45, 7) is 4.61. The lowest BCUT2D eigenvalue weighted by atomic mass is 9.99. The van der Waals surface area contributed by atoms with Gasteiger partial charge in [-0.2, -0.15) is 18.3 Å². The zero-order valence-electron chi connectivity index (χ0n) is 23.0. The molecule has 2 aromatic heterocycles. The Bertz CT molecular complexity index is 1800. The fraction of sp³-hybridized carbons (Fsp3) is 0.156. The maximum absolute atomic E-state index is 13.8. The molecule has 0 saturated heterocycles. The Hall–Kier alpha value is -4.83. The largest absolute Gasteiger partial charge is 0.493 e. The summed E-state index contributed by atoms with van der Waals surface area (Å²) in [6.07, 6.45) is -4.30.